The summed E-state index contributed by atoms with van der Waals surface area (Å²) in [6.07, 6.45) is 1.62. The van der Waals surface area contributed by atoms with Crippen molar-refractivity contribution in [1.29, 1.82) is 0 Å². The van der Waals surface area contributed by atoms with E-state index in [2.05, 4.69) is 10.6 Å². The zero-order valence-electron chi connectivity index (χ0n) is 16.2. The molecule has 0 unspecified atom stereocenters. The third-order valence-electron chi connectivity index (χ3n) is 4.93. The number of nitrogens with zero attached hydrogens (tertiary/aromatic N) is 1. The van der Waals surface area contributed by atoms with Gasteiger partial charge in [0.25, 0.3) is 5.91 Å². The zero-order chi connectivity index (χ0) is 21.9. The summed E-state index contributed by atoms with van der Waals surface area (Å²) in [6.45, 7) is 1.26. The van der Waals surface area contributed by atoms with Gasteiger partial charge in [-0.1, -0.05) is 31.9 Å². The van der Waals surface area contributed by atoms with Crippen LogP contribution in [0.5, 0.6) is 0 Å². The lowest BCUT2D eigenvalue weighted by atomic mass is 9.85. The Labute approximate surface area is 171 Å². The maximum absolute atomic E-state index is 13.7. The molecule has 0 saturated carbocycles. The topological polar surface area (TPSA) is 78.5 Å². The van der Waals surface area contributed by atoms with Crippen LogP contribution < -0.4 is 10.6 Å². The first kappa shape index (κ1) is 21.4. The Morgan fingerprint density at radius 1 is 1.07 bits per heavy atom. The zero-order valence-corrected chi connectivity index (χ0v) is 16.2. The molecule has 2 N–H and O–H groups in total. The number of benzene rings is 2. The predicted octanol–water partition coefficient (Wildman–Crippen LogP) is 3.68. The summed E-state index contributed by atoms with van der Waals surface area (Å²) in [5.41, 5.74) is -1.28. The molecule has 158 valence electrons. The Kier molecular flexibility index (Phi) is 6.09. The molecule has 0 spiro atoms. The minimum absolute atomic E-state index is 0.268. The van der Waals surface area contributed by atoms with Crippen molar-refractivity contribution in [3.05, 3.63) is 65.5 Å². The number of unbranched alkanes of at least 4 members (excludes halogenated alkanes) is 1. The van der Waals surface area contributed by atoms with Crippen LogP contribution in [-0.2, 0) is 15.1 Å². The van der Waals surface area contributed by atoms with Crippen molar-refractivity contribution in [3.63, 3.8) is 0 Å². The Bertz CT molecular complexity index is 981. The van der Waals surface area contributed by atoms with Crippen molar-refractivity contribution in [2.45, 2.75) is 31.7 Å². The average Bonchev–Trinajstić information content (AvgIpc) is 2.94. The van der Waals surface area contributed by atoms with Crippen LogP contribution in [0.1, 0.15) is 31.7 Å². The van der Waals surface area contributed by atoms with Crippen molar-refractivity contribution in [2.24, 2.45) is 0 Å². The van der Waals surface area contributed by atoms with Gasteiger partial charge < -0.3 is 10.6 Å². The lowest BCUT2D eigenvalue weighted by molar-refractivity contribution is -0.134. The molecule has 1 atom stereocenters. The third-order valence-corrected chi connectivity index (χ3v) is 4.93. The molecule has 0 radical (unpaired) electrons. The van der Waals surface area contributed by atoms with Crippen LogP contribution in [0.4, 0.5) is 23.7 Å². The molecule has 0 aromatic heterocycles. The molecule has 1 aliphatic rings. The smallest absolute Gasteiger partial charge is 0.322 e. The number of anilines is 1. The maximum atomic E-state index is 13.7. The number of rotatable bonds is 7. The number of carbonyl (C=O) groups excluding carboxylic acids is 3. The quantitative estimate of drug-likeness (QED) is 0.672. The number of amides is 4. The summed E-state index contributed by atoms with van der Waals surface area (Å²) in [6, 6.07) is 7.05. The number of imide groups is 1. The van der Waals surface area contributed by atoms with Gasteiger partial charge in [0.15, 0.2) is 0 Å². The summed E-state index contributed by atoms with van der Waals surface area (Å²) in [5, 5.41) is 4.86. The van der Waals surface area contributed by atoms with E-state index >= 15 is 0 Å². The van der Waals surface area contributed by atoms with Gasteiger partial charge in [-0.3, -0.25) is 14.5 Å². The van der Waals surface area contributed by atoms with Gasteiger partial charge in [0, 0.05) is 6.07 Å². The second-order valence-corrected chi connectivity index (χ2v) is 7.01. The number of hydrogen-bond acceptors (Lipinski definition) is 3. The molecular formula is C21H20F3N3O3. The van der Waals surface area contributed by atoms with E-state index in [1.165, 1.54) is 24.3 Å². The van der Waals surface area contributed by atoms with Gasteiger partial charge in [0.05, 0.1) is 5.69 Å². The van der Waals surface area contributed by atoms with E-state index in [1.54, 1.807) is 0 Å². The molecule has 0 bridgehead atoms. The van der Waals surface area contributed by atoms with Gasteiger partial charge in [-0.05, 0) is 36.2 Å². The SMILES string of the molecule is CCCC[C@@]1(c2ccc(F)cc2)NC(=O)N(CC(=O)Nc2ccc(F)cc2F)C1=O. The van der Waals surface area contributed by atoms with Crippen LogP contribution in [0.25, 0.3) is 0 Å². The van der Waals surface area contributed by atoms with Crippen LogP contribution >= 0.6 is 0 Å². The molecule has 4 amide bonds. The van der Waals surface area contributed by atoms with E-state index in [1.807, 2.05) is 6.92 Å². The van der Waals surface area contributed by atoms with E-state index in [0.717, 1.165) is 23.5 Å². The van der Waals surface area contributed by atoms with Crippen molar-refractivity contribution in [1.82, 2.24) is 10.2 Å². The van der Waals surface area contributed by atoms with Gasteiger partial charge in [0.1, 0.15) is 29.5 Å². The summed E-state index contributed by atoms with van der Waals surface area (Å²) >= 11 is 0. The second-order valence-electron chi connectivity index (χ2n) is 7.01. The minimum atomic E-state index is -1.41. The van der Waals surface area contributed by atoms with Crippen LogP contribution in [-0.4, -0.2) is 29.3 Å². The molecule has 3 rings (SSSR count). The Hall–Kier alpha value is -3.36. The number of carbonyl (C=O) groups is 3. The van der Waals surface area contributed by atoms with Crippen LogP contribution in [0.15, 0.2) is 42.5 Å². The van der Waals surface area contributed by atoms with Gasteiger partial charge in [-0.2, -0.15) is 0 Å². The van der Waals surface area contributed by atoms with Gasteiger partial charge >= 0.3 is 6.03 Å². The highest BCUT2D eigenvalue weighted by molar-refractivity contribution is 6.10. The average molecular weight is 419 g/mol. The van der Waals surface area contributed by atoms with Gasteiger partial charge in [-0.25, -0.2) is 18.0 Å². The second kappa shape index (κ2) is 8.56. The normalized spacial score (nSPS) is 18.5. The molecule has 1 saturated heterocycles. The highest BCUT2D eigenvalue weighted by Gasteiger charge is 2.52. The Morgan fingerprint density at radius 2 is 1.73 bits per heavy atom. The molecule has 30 heavy (non-hydrogen) atoms. The molecule has 2 aromatic carbocycles. The van der Waals surface area contributed by atoms with Crippen LogP contribution in [0, 0.1) is 17.5 Å². The number of hydrogen-bond donors (Lipinski definition) is 2. The molecule has 0 aliphatic carbocycles. The molecule has 2 aromatic rings. The first-order valence-electron chi connectivity index (χ1n) is 9.42. The molecule has 9 heteroatoms. The minimum Gasteiger partial charge on any atom is -0.322 e. The lowest BCUT2D eigenvalue weighted by Crippen LogP contribution is -2.44. The monoisotopic (exact) mass is 419 g/mol. The fraction of sp³-hybridized carbons (Fsp3) is 0.286. The van der Waals surface area contributed by atoms with E-state index in [0.29, 0.717) is 18.1 Å². The van der Waals surface area contributed by atoms with Crippen molar-refractivity contribution in [2.75, 3.05) is 11.9 Å². The molecule has 1 aliphatic heterocycles. The van der Waals surface area contributed by atoms with E-state index in [-0.39, 0.29) is 12.1 Å². The first-order chi connectivity index (χ1) is 14.3. The van der Waals surface area contributed by atoms with E-state index < -0.39 is 47.4 Å². The van der Waals surface area contributed by atoms with Crippen molar-refractivity contribution >= 4 is 23.5 Å². The Morgan fingerprint density at radius 3 is 2.37 bits per heavy atom. The highest BCUT2D eigenvalue weighted by atomic mass is 19.1. The standard InChI is InChI=1S/C21H20F3N3O3/c1-2-3-10-21(13-4-6-14(22)7-5-13)19(29)27(20(30)26-21)12-18(28)25-17-9-8-15(23)11-16(17)24/h4-9,11H,2-3,10,12H2,1H3,(H,25,28)(H,26,30)/t21-/m0/s1. The van der Waals surface area contributed by atoms with Gasteiger partial charge in [0.2, 0.25) is 5.91 Å². The maximum Gasteiger partial charge on any atom is 0.325 e. The fourth-order valence-electron chi connectivity index (χ4n) is 3.38. The van der Waals surface area contributed by atoms with Gasteiger partial charge in [-0.15, -0.1) is 0 Å². The van der Waals surface area contributed by atoms with Crippen LogP contribution in [0.2, 0.25) is 0 Å². The van der Waals surface area contributed by atoms with Crippen LogP contribution in [0.3, 0.4) is 0 Å². The largest absolute Gasteiger partial charge is 0.325 e. The first-order valence-corrected chi connectivity index (χ1v) is 9.42. The number of halogens is 3. The van der Waals surface area contributed by atoms with Crippen molar-refractivity contribution < 1.29 is 27.6 Å². The molecule has 6 nitrogen and oxygen atoms in total. The third kappa shape index (κ3) is 4.14. The lowest BCUT2D eigenvalue weighted by Gasteiger charge is -2.27. The predicted molar refractivity (Wildman–Crippen MR) is 103 cm³/mol. The Balaban J connectivity index is 1.82. The van der Waals surface area contributed by atoms with E-state index in [4.69, 9.17) is 0 Å². The fourth-order valence-corrected chi connectivity index (χ4v) is 3.38. The number of urea groups is 1. The summed E-state index contributed by atoms with van der Waals surface area (Å²) in [5.74, 6) is -3.75. The van der Waals surface area contributed by atoms with Crippen molar-refractivity contribution in [3.8, 4) is 0 Å². The molecular weight excluding hydrogens is 399 g/mol. The number of nitrogens with one attached hydrogen (secondary N) is 2. The highest BCUT2D eigenvalue weighted by Crippen LogP contribution is 2.34. The molecule has 1 heterocycles. The summed E-state index contributed by atoms with van der Waals surface area (Å²) < 4.78 is 40.1. The van der Waals surface area contributed by atoms with E-state index in [9.17, 15) is 27.6 Å². The summed E-state index contributed by atoms with van der Waals surface area (Å²) in [7, 11) is 0. The summed E-state index contributed by atoms with van der Waals surface area (Å²) in [4.78, 5) is 38.7. The molecule has 1 fully saturated rings.